The number of anilines is 3. The number of carbonyl (C=O) groups excluding carboxylic acids is 1. The zero-order valence-electron chi connectivity index (χ0n) is 11.0. The fourth-order valence-electron chi connectivity index (χ4n) is 2.28. The van der Waals surface area contributed by atoms with Crippen LogP contribution in [-0.2, 0) is 12.8 Å². The van der Waals surface area contributed by atoms with Gasteiger partial charge in [0.05, 0.1) is 5.69 Å². The molecule has 6 heteroatoms. The minimum absolute atomic E-state index is 0.290. The summed E-state index contributed by atoms with van der Waals surface area (Å²) >= 11 is 1.57. The Labute approximate surface area is 121 Å². The first-order valence-electron chi connectivity index (χ1n) is 6.63. The van der Waals surface area contributed by atoms with E-state index in [1.165, 1.54) is 17.7 Å². The third-order valence-electron chi connectivity index (χ3n) is 3.21. The molecule has 3 rings (SSSR count). The van der Waals surface area contributed by atoms with Crippen LogP contribution >= 0.6 is 11.3 Å². The first-order valence-corrected chi connectivity index (χ1v) is 7.44. The number of aromatic nitrogens is 1. The second kappa shape index (κ2) is 5.50. The first-order chi connectivity index (χ1) is 9.70. The molecule has 1 aromatic carbocycles. The lowest BCUT2D eigenvalue weighted by Crippen LogP contribution is -2.19. The Morgan fingerprint density at radius 1 is 1.25 bits per heavy atom. The summed E-state index contributed by atoms with van der Waals surface area (Å²) in [5.41, 5.74) is 8.10. The molecule has 1 heterocycles. The number of urea groups is 1. The van der Waals surface area contributed by atoms with Crippen molar-refractivity contribution in [3.8, 4) is 0 Å². The van der Waals surface area contributed by atoms with Gasteiger partial charge < -0.3 is 11.1 Å². The summed E-state index contributed by atoms with van der Waals surface area (Å²) in [6.45, 7) is 0. The Kier molecular flexibility index (Phi) is 3.56. The van der Waals surface area contributed by atoms with Crippen molar-refractivity contribution in [2.75, 3.05) is 16.4 Å². The quantitative estimate of drug-likeness (QED) is 0.742. The lowest BCUT2D eigenvalue weighted by molar-refractivity contribution is 0.262. The Hall–Kier alpha value is -2.08. The van der Waals surface area contributed by atoms with Gasteiger partial charge in [-0.2, -0.15) is 0 Å². The minimum atomic E-state index is -0.290. The molecule has 1 aliphatic rings. The molecule has 0 atom stereocenters. The van der Waals surface area contributed by atoms with Gasteiger partial charge in [-0.25, -0.2) is 9.78 Å². The topological polar surface area (TPSA) is 80.0 Å². The number of nitrogens with zero attached hydrogens (tertiary/aromatic N) is 1. The highest BCUT2D eigenvalue weighted by Crippen LogP contribution is 2.29. The number of fused-ring (bicyclic) bond motifs is 1. The van der Waals surface area contributed by atoms with Gasteiger partial charge in [0.15, 0.2) is 5.13 Å². The summed E-state index contributed by atoms with van der Waals surface area (Å²) in [5, 5.41) is 6.20. The minimum Gasteiger partial charge on any atom is -0.399 e. The molecular formula is C14H16N4OS. The molecule has 2 aromatic rings. The maximum atomic E-state index is 11.9. The van der Waals surface area contributed by atoms with E-state index >= 15 is 0 Å². The normalized spacial score (nSPS) is 13.6. The number of hydrogen-bond donors (Lipinski definition) is 3. The van der Waals surface area contributed by atoms with Crippen LogP contribution < -0.4 is 16.4 Å². The molecule has 2 amide bonds. The Bertz CT molecular complexity index is 614. The SMILES string of the molecule is Nc1cccc(NC(=O)Nc2nc3c(s2)CCCC3)c1. The van der Waals surface area contributed by atoms with E-state index in [9.17, 15) is 4.79 Å². The van der Waals surface area contributed by atoms with Gasteiger partial charge in [-0.15, -0.1) is 11.3 Å². The van der Waals surface area contributed by atoms with E-state index in [0.29, 0.717) is 16.5 Å². The number of thiazole rings is 1. The van der Waals surface area contributed by atoms with Crippen molar-refractivity contribution in [3.63, 3.8) is 0 Å². The smallest absolute Gasteiger partial charge is 0.325 e. The molecule has 104 valence electrons. The standard InChI is InChI=1S/C14H16N4OS/c15-9-4-3-5-10(8-9)16-13(19)18-14-17-11-6-1-2-7-12(11)20-14/h3-5,8H,1-2,6-7,15H2,(H2,16,17,18,19). The number of nitrogen functional groups attached to an aromatic ring is 1. The zero-order chi connectivity index (χ0) is 13.9. The van der Waals surface area contributed by atoms with E-state index in [2.05, 4.69) is 15.6 Å². The average molecular weight is 288 g/mol. The summed E-state index contributed by atoms with van der Waals surface area (Å²) < 4.78 is 0. The van der Waals surface area contributed by atoms with Crippen LogP contribution in [0.3, 0.4) is 0 Å². The molecule has 0 saturated carbocycles. The van der Waals surface area contributed by atoms with Crippen LogP contribution in [0, 0.1) is 0 Å². The third-order valence-corrected chi connectivity index (χ3v) is 4.28. The lowest BCUT2D eigenvalue weighted by atomic mass is 10.0. The Morgan fingerprint density at radius 2 is 2.10 bits per heavy atom. The molecule has 0 radical (unpaired) electrons. The number of amides is 2. The van der Waals surface area contributed by atoms with Crippen LogP contribution in [0.2, 0.25) is 0 Å². The number of benzene rings is 1. The number of hydrogen-bond acceptors (Lipinski definition) is 4. The van der Waals surface area contributed by atoms with Crippen LogP contribution in [0.4, 0.5) is 21.3 Å². The average Bonchev–Trinajstić information content (AvgIpc) is 2.80. The van der Waals surface area contributed by atoms with E-state index < -0.39 is 0 Å². The predicted octanol–water partition coefficient (Wildman–Crippen LogP) is 3.25. The second-order valence-electron chi connectivity index (χ2n) is 4.80. The Balaban J connectivity index is 1.65. The molecule has 0 saturated heterocycles. The third kappa shape index (κ3) is 2.91. The van der Waals surface area contributed by atoms with E-state index in [1.807, 2.05) is 0 Å². The summed E-state index contributed by atoms with van der Waals surface area (Å²) in [6, 6.07) is 6.79. The summed E-state index contributed by atoms with van der Waals surface area (Å²) in [6.07, 6.45) is 4.49. The van der Waals surface area contributed by atoms with Crippen molar-refractivity contribution in [1.29, 1.82) is 0 Å². The van der Waals surface area contributed by atoms with Crippen molar-refractivity contribution in [3.05, 3.63) is 34.8 Å². The van der Waals surface area contributed by atoms with Crippen molar-refractivity contribution < 1.29 is 4.79 Å². The lowest BCUT2D eigenvalue weighted by Gasteiger charge is -2.06. The highest BCUT2D eigenvalue weighted by molar-refractivity contribution is 7.15. The molecule has 0 bridgehead atoms. The fourth-order valence-corrected chi connectivity index (χ4v) is 3.33. The van der Waals surface area contributed by atoms with Crippen molar-refractivity contribution in [2.45, 2.75) is 25.7 Å². The second-order valence-corrected chi connectivity index (χ2v) is 5.88. The van der Waals surface area contributed by atoms with Crippen molar-refractivity contribution in [1.82, 2.24) is 4.98 Å². The van der Waals surface area contributed by atoms with Crippen LogP contribution in [0.5, 0.6) is 0 Å². The van der Waals surface area contributed by atoms with Crippen LogP contribution in [-0.4, -0.2) is 11.0 Å². The van der Waals surface area contributed by atoms with Crippen LogP contribution in [0.15, 0.2) is 24.3 Å². The molecule has 0 spiro atoms. The molecule has 5 nitrogen and oxygen atoms in total. The van der Waals surface area contributed by atoms with Gasteiger partial charge in [0.25, 0.3) is 0 Å². The van der Waals surface area contributed by atoms with Gasteiger partial charge >= 0.3 is 6.03 Å². The number of aryl methyl sites for hydroxylation is 2. The predicted molar refractivity (Wildman–Crippen MR) is 82.3 cm³/mol. The maximum Gasteiger partial charge on any atom is 0.325 e. The molecule has 1 aliphatic carbocycles. The van der Waals surface area contributed by atoms with Gasteiger partial charge in [-0.3, -0.25) is 5.32 Å². The molecular weight excluding hydrogens is 272 g/mol. The molecule has 0 unspecified atom stereocenters. The molecule has 0 fully saturated rings. The maximum absolute atomic E-state index is 11.9. The van der Waals surface area contributed by atoms with E-state index in [-0.39, 0.29) is 6.03 Å². The van der Waals surface area contributed by atoms with Gasteiger partial charge in [0.1, 0.15) is 0 Å². The van der Waals surface area contributed by atoms with Crippen molar-refractivity contribution in [2.24, 2.45) is 0 Å². The Morgan fingerprint density at radius 3 is 2.90 bits per heavy atom. The highest BCUT2D eigenvalue weighted by Gasteiger charge is 2.16. The summed E-state index contributed by atoms with van der Waals surface area (Å²) in [4.78, 5) is 17.7. The molecule has 1 aromatic heterocycles. The number of nitrogens with one attached hydrogen (secondary N) is 2. The summed E-state index contributed by atoms with van der Waals surface area (Å²) in [7, 11) is 0. The number of rotatable bonds is 2. The van der Waals surface area contributed by atoms with Gasteiger partial charge in [-0.1, -0.05) is 6.07 Å². The monoisotopic (exact) mass is 288 g/mol. The fraction of sp³-hybridized carbons (Fsp3) is 0.286. The van der Waals surface area contributed by atoms with E-state index in [0.717, 1.165) is 18.5 Å². The van der Waals surface area contributed by atoms with Crippen molar-refractivity contribution >= 4 is 33.9 Å². The number of nitrogens with two attached hydrogens (primary N) is 1. The van der Waals surface area contributed by atoms with Gasteiger partial charge in [0.2, 0.25) is 0 Å². The first kappa shape index (κ1) is 12.9. The summed E-state index contributed by atoms with van der Waals surface area (Å²) in [5.74, 6) is 0. The molecule has 20 heavy (non-hydrogen) atoms. The largest absolute Gasteiger partial charge is 0.399 e. The molecule has 0 aliphatic heterocycles. The molecule has 4 N–H and O–H groups in total. The van der Waals surface area contributed by atoms with Crippen LogP contribution in [0.25, 0.3) is 0 Å². The van der Waals surface area contributed by atoms with Gasteiger partial charge in [0, 0.05) is 16.3 Å². The van der Waals surface area contributed by atoms with E-state index in [1.54, 1.807) is 35.6 Å². The zero-order valence-corrected chi connectivity index (χ0v) is 11.8. The van der Waals surface area contributed by atoms with Gasteiger partial charge in [-0.05, 0) is 43.9 Å². The van der Waals surface area contributed by atoms with E-state index in [4.69, 9.17) is 5.73 Å². The highest BCUT2D eigenvalue weighted by atomic mass is 32.1. The number of carbonyl (C=O) groups is 1. The van der Waals surface area contributed by atoms with Crippen LogP contribution in [0.1, 0.15) is 23.4 Å².